The van der Waals surface area contributed by atoms with Gasteiger partial charge in [0.1, 0.15) is 23.3 Å². The summed E-state index contributed by atoms with van der Waals surface area (Å²) >= 11 is 0. The second-order valence-corrected chi connectivity index (χ2v) is 9.78. The number of imidazole rings is 1. The number of carbonyl (C=O) groups excluding carboxylic acids is 2. The molecule has 10 heteroatoms. The number of aryl methyl sites for hydroxylation is 2. The third kappa shape index (κ3) is 4.80. The Bertz CT molecular complexity index is 1240. The first-order valence-corrected chi connectivity index (χ1v) is 12.4. The number of aromatic nitrogens is 4. The van der Waals surface area contributed by atoms with Crippen molar-refractivity contribution in [2.24, 2.45) is 13.0 Å². The van der Waals surface area contributed by atoms with Gasteiger partial charge >= 0.3 is 0 Å². The highest BCUT2D eigenvalue weighted by molar-refractivity contribution is 6.07. The van der Waals surface area contributed by atoms with E-state index >= 15 is 0 Å². The summed E-state index contributed by atoms with van der Waals surface area (Å²) < 4.78 is 12.6. The molecule has 1 N–H and O–H groups in total. The van der Waals surface area contributed by atoms with Crippen LogP contribution in [0.3, 0.4) is 0 Å². The van der Waals surface area contributed by atoms with Crippen LogP contribution in [-0.4, -0.2) is 50.2 Å². The van der Waals surface area contributed by atoms with Crippen molar-refractivity contribution in [3.05, 3.63) is 34.9 Å². The lowest BCUT2D eigenvalue weighted by Crippen LogP contribution is -2.27. The van der Waals surface area contributed by atoms with E-state index < -0.39 is 0 Å². The monoisotopic (exact) mass is 480 g/mol. The summed E-state index contributed by atoms with van der Waals surface area (Å²) in [7, 11) is 3.62. The van der Waals surface area contributed by atoms with Crippen LogP contribution < -0.4 is 5.32 Å². The number of nitrogens with zero attached hydrogens (tertiary/aromatic N) is 5. The van der Waals surface area contributed by atoms with Crippen LogP contribution in [0.1, 0.15) is 78.6 Å². The van der Waals surface area contributed by atoms with Gasteiger partial charge in [-0.3, -0.25) is 9.59 Å². The van der Waals surface area contributed by atoms with Crippen LogP contribution in [0, 0.1) is 12.8 Å². The molecule has 3 aromatic rings. The molecule has 2 aromatic heterocycles. The lowest BCUT2D eigenvalue weighted by molar-refractivity contribution is -0.117. The maximum atomic E-state index is 13.7. The molecule has 3 heterocycles. The highest BCUT2D eigenvalue weighted by Gasteiger charge is 2.27. The summed E-state index contributed by atoms with van der Waals surface area (Å²) in [6, 6.07) is 3.60. The van der Waals surface area contributed by atoms with E-state index in [0.717, 1.165) is 37.0 Å². The van der Waals surface area contributed by atoms with Gasteiger partial charge in [0.05, 0.1) is 23.1 Å². The number of ether oxygens (including phenoxy) is 1. The fraction of sp³-hybridized carbons (Fsp3) is 0.560. The average Bonchev–Trinajstić information content (AvgIpc) is 3.63. The summed E-state index contributed by atoms with van der Waals surface area (Å²) in [6.07, 6.45) is 6.86. The molecule has 10 nitrogen and oxygen atoms in total. The van der Waals surface area contributed by atoms with Gasteiger partial charge in [0.25, 0.3) is 5.91 Å². The van der Waals surface area contributed by atoms with Gasteiger partial charge in [0.15, 0.2) is 0 Å². The second kappa shape index (κ2) is 9.77. The van der Waals surface area contributed by atoms with Gasteiger partial charge in [0.2, 0.25) is 5.91 Å². The molecule has 0 spiro atoms. The third-order valence-electron chi connectivity index (χ3n) is 7.16. The van der Waals surface area contributed by atoms with E-state index in [2.05, 4.69) is 15.6 Å². The van der Waals surface area contributed by atoms with E-state index in [1.165, 1.54) is 12.8 Å². The molecular formula is C25H32N6O4. The van der Waals surface area contributed by atoms with Crippen molar-refractivity contribution in [1.29, 1.82) is 0 Å². The third-order valence-corrected chi connectivity index (χ3v) is 7.16. The van der Waals surface area contributed by atoms with Gasteiger partial charge in [-0.2, -0.15) is 0 Å². The van der Waals surface area contributed by atoms with Gasteiger partial charge in [0, 0.05) is 32.8 Å². The van der Waals surface area contributed by atoms with Crippen LogP contribution in [0.5, 0.6) is 0 Å². The van der Waals surface area contributed by atoms with Crippen LogP contribution in [0.2, 0.25) is 0 Å². The molecule has 1 aliphatic carbocycles. The largest absolute Gasteiger partial charge is 0.370 e. The van der Waals surface area contributed by atoms with Crippen molar-refractivity contribution in [2.45, 2.75) is 64.5 Å². The minimum atomic E-state index is -0.203. The molecule has 0 radical (unpaired) electrons. The number of hydrogen-bond acceptors (Lipinski definition) is 7. The molecule has 5 rings (SSSR count). The Hall–Kier alpha value is -3.27. The molecule has 1 aliphatic heterocycles. The minimum absolute atomic E-state index is 0.0254. The van der Waals surface area contributed by atoms with E-state index in [1.54, 1.807) is 24.9 Å². The number of anilines is 1. The fourth-order valence-electron chi connectivity index (χ4n) is 5.26. The van der Waals surface area contributed by atoms with E-state index in [9.17, 15) is 9.59 Å². The molecule has 186 valence electrons. The molecule has 35 heavy (non-hydrogen) atoms. The smallest absolute Gasteiger partial charge is 0.256 e. The van der Waals surface area contributed by atoms with Crippen LogP contribution in [0.25, 0.3) is 11.0 Å². The zero-order valence-corrected chi connectivity index (χ0v) is 20.5. The molecule has 2 amide bonds. The number of fused-ring (bicyclic) bond motifs is 1. The van der Waals surface area contributed by atoms with Gasteiger partial charge < -0.3 is 19.5 Å². The summed E-state index contributed by atoms with van der Waals surface area (Å²) in [6.45, 7) is 2.75. The Kier molecular flexibility index (Phi) is 6.55. The van der Waals surface area contributed by atoms with Crippen LogP contribution >= 0.6 is 0 Å². The number of carbonyl (C=O) groups is 2. The van der Waals surface area contributed by atoms with Gasteiger partial charge in [-0.25, -0.2) is 9.61 Å². The number of amides is 2. The van der Waals surface area contributed by atoms with Crippen molar-refractivity contribution >= 4 is 28.5 Å². The molecule has 0 bridgehead atoms. The molecule has 1 aromatic carbocycles. The first-order chi connectivity index (χ1) is 16.9. The van der Waals surface area contributed by atoms with E-state index in [1.807, 2.05) is 17.7 Å². The average molecular weight is 481 g/mol. The summed E-state index contributed by atoms with van der Waals surface area (Å²) in [5.74, 6) is 1.00. The summed E-state index contributed by atoms with van der Waals surface area (Å²) in [4.78, 5) is 32.8. The number of nitrogens with one attached hydrogen (secondary N) is 1. The lowest BCUT2D eigenvalue weighted by atomic mass is 10.0. The Morgan fingerprint density at radius 1 is 1.17 bits per heavy atom. The molecule has 0 unspecified atom stereocenters. The van der Waals surface area contributed by atoms with Gasteiger partial charge in [-0.1, -0.05) is 23.2 Å². The fourth-order valence-corrected chi connectivity index (χ4v) is 5.26. The standard InChI is InChI=1S/C25H32N6O4/c1-15-20(29-35-28-15)14-30(2)25(33)18-12-17(26-22(32)11-16-7-4-5-8-16)13-19-23(18)31(3)24(27-19)21-9-6-10-34-21/h12-13,16,21H,4-11,14H2,1-3H3,(H,26,32)/t21-/m0/s1. The van der Waals surface area contributed by atoms with Crippen LogP contribution in [0.4, 0.5) is 5.69 Å². The Morgan fingerprint density at radius 2 is 1.97 bits per heavy atom. The first-order valence-electron chi connectivity index (χ1n) is 12.4. The molecule has 1 saturated heterocycles. The SMILES string of the molecule is Cc1nonc1CN(C)C(=O)c1cc(NC(=O)CC2CCCC2)cc2nc([C@@H]3CCCO3)n(C)c12. The molecule has 2 aliphatic rings. The van der Waals surface area contributed by atoms with Crippen LogP contribution in [-0.2, 0) is 23.1 Å². The van der Waals surface area contributed by atoms with Crippen molar-refractivity contribution in [3.8, 4) is 0 Å². The normalized spacial score (nSPS) is 18.4. The predicted octanol–water partition coefficient (Wildman–Crippen LogP) is 3.91. The van der Waals surface area contributed by atoms with Crippen molar-refractivity contribution in [3.63, 3.8) is 0 Å². The Morgan fingerprint density at radius 3 is 2.66 bits per heavy atom. The minimum Gasteiger partial charge on any atom is -0.370 e. The maximum Gasteiger partial charge on any atom is 0.256 e. The van der Waals surface area contributed by atoms with Crippen molar-refractivity contribution in [1.82, 2.24) is 24.8 Å². The zero-order valence-electron chi connectivity index (χ0n) is 20.5. The number of hydrogen-bond donors (Lipinski definition) is 1. The first kappa shape index (κ1) is 23.5. The Labute approximate surface area is 204 Å². The highest BCUT2D eigenvalue weighted by Crippen LogP contribution is 2.33. The predicted molar refractivity (Wildman–Crippen MR) is 129 cm³/mol. The quantitative estimate of drug-likeness (QED) is 0.545. The summed E-state index contributed by atoms with van der Waals surface area (Å²) in [5, 5.41) is 10.7. The highest BCUT2D eigenvalue weighted by atomic mass is 16.6. The Balaban J connectivity index is 1.49. The molecule has 1 saturated carbocycles. The van der Waals surface area contributed by atoms with E-state index in [0.29, 0.717) is 47.1 Å². The van der Waals surface area contributed by atoms with Crippen molar-refractivity contribution < 1.29 is 19.0 Å². The molecular weight excluding hydrogens is 448 g/mol. The molecule has 2 fully saturated rings. The second-order valence-electron chi connectivity index (χ2n) is 9.78. The topological polar surface area (TPSA) is 115 Å². The maximum absolute atomic E-state index is 13.7. The van der Waals surface area contributed by atoms with Crippen molar-refractivity contribution in [2.75, 3.05) is 19.0 Å². The van der Waals surface area contributed by atoms with Gasteiger partial charge in [-0.15, -0.1) is 0 Å². The van der Waals surface area contributed by atoms with E-state index in [-0.39, 0.29) is 24.5 Å². The van der Waals surface area contributed by atoms with Gasteiger partial charge in [-0.05, 0) is 50.7 Å². The number of benzene rings is 1. The lowest BCUT2D eigenvalue weighted by Gasteiger charge is -2.18. The molecule has 1 atom stereocenters. The number of rotatable bonds is 7. The zero-order chi connectivity index (χ0) is 24.5. The summed E-state index contributed by atoms with van der Waals surface area (Å²) in [5.41, 5.74) is 3.67. The van der Waals surface area contributed by atoms with E-state index in [4.69, 9.17) is 14.3 Å². The van der Waals surface area contributed by atoms with Crippen LogP contribution in [0.15, 0.2) is 16.8 Å².